The molecule has 184 valence electrons. The van der Waals surface area contributed by atoms with Crippen LogP contribution in [0.4, 0.5) is 5.82 Å². The minimum Gasteiger partial charge on any atom is -0.358 e. The molecule has 4 rings (SSSR count). The van der Waals surface area contributed by atoms with E-state index in [1.54, 1.807) is 35.4 Å². The lowest BCUT2D eigenvalue weighted by Gasteiger charge is -2.30. The van der Waals surface area contributed by atoms with Gasteiger partial charge in [0.15, 0.2) is 0 Å². The molecule has 2 aromatic rings. The molecule has 1 aromatic heterocycles. The van der Waals surface area contributed by atoms with E-state index in [0.29, 0.717) is 24.5 Å². The Balaban J connectivity index is 1.45. The Morgan fingerprint density at radius 1 is 1.03 bits per heavy atom. The minimum atomic E-state index is -0.971. The van der Waals surface area contributed by atoms with E-state index in [1.165, 1.54) is 0 Å². The Labute approximate surface area is 213 Å². The summed E-state index contributed by atoms with van der Waals surface area (Å²) in [5.74, 6) is 0.240. The van der Waals surface area contributed by atoms with E-state index in [0.717, 1.165) is 48.2 Å². The highest BCUT2D eigenvalue weighted by Crippen LogP contribution is 2.15. The van der Waals surface area contributed by atoms with Crippen molar-refractivity contribution in [3.63, 3.8) is 0 Å². The highest BCUT2D eigenvalue weighted by Gasteiger charge is 2.29. The van der Waals surface area contributed by atoms with Gasteiger partial charge >= 0.3 is 0 Å². The second-order valence-corrected chi connectivity index (χ2v) is 9.65. The third kappa shape index (κ3) is 6.45. The molecule has 0 bridgehead atoms. The molecule has 2 N–H and O–H groups in total. The fourth-order valence-corrected chi connectivity index (χ4v) is 4.45. The van der Waals surface area contributed by atoms with Gasteiger partial charge in [0.1, 0.15) is 17.7 Å². The molecule has 1 atom stereocenters. The van der Waals surface area contributed by atoms with E-state index in [-0.39, 0.29) is 12.3 Å². The molecule has 2 aliphatic heterocycles. The van der Waals surface area contributed by atoms with Crippen LogP contribution in [0.25, 0.3) is 0 Å². The average Bonchev–Trinajstić information content (AvgIpc) is 3.31. The first-order valence-electron chi connectivity index (χ1n) is 11.8. The fourth-order valence-electron chi connectivity index (χ4n) is 4.22. The number of anilines is 1. The van der Waals surface area contributed by atoms with Gasteiger partial charge in [-0.05, 0) is 59.5 Å². The smallest absolute Gasteiger partial charge is 0.251 e. The molecule has 0 saturated carbocycles. The van der Waals surface area contributed by atoms with Crippen molar-refractivity contribution in [2.24, 2.45) is 4.99 Å². The summed E-state index contributed by atoms with van der Waals surface area (Å²) < 4.78 is 0.790. The minimum absolute atomic E-state index is 0.182. The molecule has 3 amide bonds. The fraction of sp³-hybridized carbons (Fsp3) is 0.400. The third-order valence-corrected chi connectivity index (χ3v) is 6.59. The number of nitrogens with one attached hydrogen (secondary N) is 2. The number of aliphatic imine (C=N–C) groups is 1. The average molecular weight is 541 g/mol. The largest absolute Gasteiger partial charge is 0.358 e. The maximum atomic E-state index is 13.2. The van der Waals surface area contributed by atoms with Crippen LogP contribution in [0, 0.1) is 0 Å². The summed E-state index contributed by atoms with van der Waals surface area (Å²) >= 11 is 3.31. The Kier molecular flexibility index (Phi) is 8.12. The SMILES string of the molecule is CN1CCN=C1c1ccc(C(=O)N[C@H](CC(=O)Nc2ccc(Br)cn2)C(=O)N2CCCCC2)cc1. The molecule has 9 nitrogen and oxygen atoms in total. The van der Waals surface area contributed by atoms with Gasteiger partial charge in [0.25, 0.3) is 5.91 Å². The van der Waals surface area contributed by atoms with Crippen molar-refractivity contribution in [3.05, 3.63) is 58.2 Å². The summed E-state index contributed by atoms with van der Waals surface area (Å²) in [6, 6.07) is 9.59. The third-order valence-electron chi connectivity index (χ3n) is 6.12. The van der Waals surface area contributed by atoms with Crippen LogP contribution in [0.5, 0.6) is 0 Å². The van der Waals surface area contributed by atoms with Gasteiger partial charge in [-0.15, -0.1) is 0 Å². The lowest BCUT2D eigenvalue weighted by molar-refractivity contribution is -0.135. The second kappa shape index (κ2) is 11.4. The number of benzene rings is 1. The van der Waals surface area contributed by atoms with Crippen molar-refractivity contribution in [1.29, 1.82) is 0 Å². The van der Waals surface area contributed by atoms with Crippen LogP contribution >= 0.6 is 15.9 Å². The number of rotatable bonds is 7. The maximum Gasteiger partial charge on any atom is 0.251 e. The van der Waals surface area contributed by atoms with Crippen LogP contribution < -0.4 is 10.6 Å². The molecule has 1 fully saturated rings. The van der Waals surface area contributed by atoms with Crippen molar-refractivity contribution < 1.29 is 14.4 Å². The Morgan fingerprint density at radius 2 is 1.77 bits per heavy atom. The standard InChI is InChI=1S/C25H29BrN6O3/c1-31-14-11-27-23(31)17-5-7-18(8-6-17)24(34)29-20(25(35)32-12-3-2-4-13-32)15-22(33)30-21-10-9-19(26)16-28-21/h5-10,16,20H,2-4,11-15H2,1H3,(H,29,34)(H,28,30,33)/t20-/m1/s1. The zero-order valence-electron chi connectivity index (χ0n) is 19.7. The number of likely N-dealkylation sites (N-methyl/N-ethyl adjacent to an activating group) is 1. The molecular formula is C25H29BrN6O3. The Bertz CT molecular complexity index is 1100. The van der Waals surface area contributed by atoms with Gasteiger partial charge in [-0.25, -0.2) is 4.98 Å². The van der Waals surface area contributed by atoms with Crippen LogP contribution in [-0.4, -0.2) is 77.6 Å². The lowest BCUT2D eigenvalue weighted by atomic mass is 10.1. The number of piperidine rings is 1. The number of carbonyl (C=O) groups is 3. The van der Waals surface area contributed by atoms with Gasteiger partial charge in [0.2, 0.25) is 11.8 Å². The Hall–Kier alpha value is -3.27. The number of carbonyl (C=O) groups excluding carboxylic acids is 3. The zero-order chi connectivity index (χ0) is 24.8. The number of hydrogen-bond donors (Lipinski definition) is 2. The molecule has 10 heteroatoms. The van der Waals surface area contributed by atoms with E-state index in [9.17, 15) is 14.4 Å². The van der Waals surface area contributed by atoms with Crippen LogP contribution in [0.15, 0.2) is 52.1 Å². The van der Waals surface area contributed by atoms with Crippen molar-refractivity contribution >= 4 is 45.3 Å². The highest BCUT2D eigenvalue weighted by molar-refractivity contribution is 9.10. The highest BCUT2D eigenvalue weighted by atomic mass is 79.9. The van der Waals surface area contributed by atoms with E-state index in [4.69, 9.17) is 0 Å². The maximum absolute atomic E-state index is 13.2. The second-order valence-electron chi connectivity index (χ2n) is 8.73. The number of hydrogen-bond acceptors (Lipinski definition) is 6. The molecule has 0 aliphatic carbocycles. The number of aromatic nitrogens is 1. The summed E-state index contributed by atoms with van der Waals surface area (Å²) in [7, 11) is 1.98. The number of likely N-dealkylation sites (tertiary alicyclic amines) is 1. The van der Waals surface area contributed by atoms with Crippen LogP contribution in [-0.2, 0) is 9.59 Å². The first kappa shape index (κ1) is 24.8. The van der Waals surface area contributed by atoms with Crippen molar-refractivity contribution in [2.45, 2.75) is 31.7 Å². The number of amides is 3. The first-order valence-corrected chi connectivity index (χ1v) is 12.6. The molecular weight excluding hydrogens is 512 g/mol. The van der Waals surface area contributed by atoms with Crippen LogP contribution in [0.1, 0.15) is 41.6 Å². The quantitative estimate of drug-likeness (QED) is 0.561. The van der Waals surface area contributed by atoms with Gasteiger partial charge in [0.05, 0.1) is 13.0 Å². The summed E-state index contributed by atoms with van der Waals surface area (Å²) in [5, 5.41) is 5.50. The zero-order valence-corrected chi connectivity index (χ0v) is 21.3. The number of amidine groups is 1. The lowest BCUT2D eigenvalue weighted by Crippen LogP contribution is -2.51. The molecule has 2 aliphatic rings. The first-order chi connectivity index (χ1) is 16.9. The van der Waals surface area contributed by atoms with Gasteiger partial charge in [0, 0.05) is 48.5 Å². The van der Waals surface area contributed by atoms with Crippen molar-refractivity contribution in [2.75, 3.05) is 38.5 Å². The summed E-state index contributed by atoms with van der Waals surface area (Å²) in [4.78, 5) is 51.5. The van der Waals surface area contributed by atoms with Gasteiger partial charge in [-0.1, -0.05) is 12.1 Å². The number of nitrogens with zero attached hydrogens (tertiary/aromatic N) is 4. The van der Waals surface area contributed by atoms with E-state index < -0.39 is 17.9 Å². The van der Waals surface area contributed by atoms with Crippen molar-refractivity contribution in [1.82, 2.24) is 20.1 Å². The van der Waals surface area contributed by atoms with Crippen LogP contribution in [0.2, 0.25) is 0 Å². The van der Waals surface area contributed by atoms with E-state index in [2.05, 4.69) is 41.4 Å². The van der Waals surface area contributed by atoms with Crippen molar-refractivity contribution in [3.8, 4) is 0 Å². The number of pyridine rings is 1. The molecule has 3 heterocycles. The molecule has 1 saturated heterocycles. The normalized spacial score (nSPS) is 16.5. The van der Waals surface area contributed by atoms with Gasteiger partial charge in [-0.2, -0.15) is 0 Å². The number of halogens is 1. The summed E-state index contributed by atoms with van der Waals surface area (Å²) in [6.45, 7) is 2.89. The predicted molar refractivity (Wildman–Crippen MR) is 137 cm³/mol. The summed E-state index contributed by atoms with van der Waals surface area (Å²) in [6.07, 6.45) is 4.30. The van der Waals surface area contributed by atoms with E-state index >= 15 is 0 Å². The molecule has 35 heavy (non-hydrogen) atoms. The van der Waals surface area contributed by atoms with Crippen LogP contribution in [0.3, 0.4) is 0 Å². The van der Waals surface area contributed by atoms with E-state index in [1.807, 2.05) is 19.2 Å². The van der Waals surface area contributed by atoms with Gasteiger partial charge < -0.3 is 20.4 Å². The molecule has 0 spiro atoms. The monoisotopic (exact) mass is 540 g/mol. The molecule has 0 radical (unpaired) electrons. The van der Waals surface area contributed by atoms with Gasteiger partial charge in [-0.3, -0.25) is 19.4 Å². The molecule has 0 unspecified atom stereocenters. The Morgan fingerprint density at radius 3 is 2.40 bits per heavy atom. The molecule has 1 aromatic carbocycles. The summed E-state index contributed by atoms with van der Waals surface area (Å²) in [5.41, 5.74) is 1.35. The predicted octanol–water partition coefficient (Wildman–Crippen LogP) is 2.68. The topological polar surface area (TPSA) is 107 Å².